The van der Waals surface area contributed by atoms with Crippen LogP contribution in [0.3, 0.4) is 0 Å². The Hall–Kier alpha value is -1.62. The van der Waals surface area contributed by atoms with Crippen molar-refractivity contribution in [2.24, 2.45) is 0 Å². The highest BCUT2D eigenvalue weighted by atomic mass is 16.5. The Morgan fingerprint density at radius 2 is 1.62 bits per heavy atom. The summed E-state index contributed by atoms with van der Waals surface area (Å²) in [5.41, 5.74) is 1.73. The molecule has 0 N–H and O–H groups in total. The minimum absolute atomic E-state index is 0.757. The maximum atomic E-state index is 5.29. The molecule has 0 amide bonds. The highest BCUT2D eigenvalue weighted by Gasteiger charge is 2.06. The van der Waals surface area contributed by atoms with E-state index < -0.39 is 0 Å². The lowest BCUT2D eigenvalue weighted by molar-refractivity contribution is 0.388. The van der Waals surface area contributed by atoms with Crippen LogP contribution in [0, 0.1) is 19.3 Å². The summed E-state index contributed by atoms with van der Waals surface area (Å²) in [6.07, 6.45) is 5.29. The van der Waals surface area contributed by atoms with E-state index in [4.69, 9.17) is 15.9 Å². The van der Waals surface area contributed by atoms with E-state index in [0.29, 0.717) is 0 Å². The van der Waals surface area contributed by atoms with Gasteiger partial charge in [-0.2, -0.15) is 0 Å². The molecule has 0 aromatic heterocycles. The summed E-state index contributed by atoms with van der Waals surface area (Å²) in [5.74, 6) is 4.06. The van der Waals surface area contributed by atoms with Crippen LogP contribution in [0.25, 0.3) is 0 Å². The largest absolute Gasteiger partial charge is 0.496 e. The highest BCUT2D eigenvalue weighted by molar-refractivity contribution is 5.51. The molecule has 2 heteroatoms. The van der Waals surface area contributed by atoms with Crippen molar-refractivity contribution in [2.45, 2.75) is 6.92 Å². The molecule has 0 aliphatic rings. The monoisotopic (exact) mass is 176 g/mol. The quantitative estimate of drug-likeness (QED) is 0.641. The second-order valence-electron chi connectivity index (χ2n) is 2.65. The van der Waals surface area contributed by atoms with Crippen molar-refractivity contribution in [2.75, 3.05) is 14.2 Å². The van der Waals surface area contributed by atoms with Crippen molar-refractivity contribution in [3.05, 3.63) is 23.3 Å². The zero-order valence-electron chi connectivity index (χ0n) is 8.05. The van der Waals surface area contributed by atoms with Crippen LogP contribution in [0.15, 0.2) is 12.1 Å². The highest BCUT2D eigenvalue weighted by Crippen LogP contribution is 2.28. The zero-order valence-corrected chi connectivity index (χ0v) is 8.05. The van der Waals surface area contributed by atoms with Gasteiger partial charge in [-0.1, -0.05) is 5.92 Å². The third-order valence-corrected chi connectivity index (χ3v) is 1.92. The van der Waals surface area contributed by atoms with Crippen molar-refractivity contribution in [1.82, 2.24) is 0 Å². The van der Waals surface area contributed by atoms with E-state index >= 15 is 0 Å². The number of benzene rings is 1. The SMILES string of the molecule is C#Cc1cc(OC)c(C)c(OC)c1. The molecule has 0 heterocycles. The number of hydrogen-bond acceptors (Lipinski definition) is 2. The third-order valence-electron chi connectivity index (χ3n) is 1.92. The Labute approximate surface area is 78.5 Å². The minimum Gasteiger partial charge on any atom is -0.496 e. The lowest BCUT2D eigenvalue weighted by atomic mass is 10.1. The normalized spacial score (nSPS) is 9.08. The van der Waals surface area contributed by atoms with Crippen molar-refractivity contribution in [1.29, 1.82) is 0 Å². The summed E-state index contributed by atoms with van der Waals surface area (Å²) >= 11 is 0. The maximum absolute atomic E-state index is 5.29. The van der Waals surface area contributed by atoms with E-state index in [1.807, 2.05) is 19.1 Å². The molecule has 0 unspecified atom stereocenters. The fourth-order valence-corrected chi connectivity index (χ4v) is 1.17. The molecule has 1 aromatic carbocycles. The smallest absolute Gasteiger partial charge is 0.126 e. The first-order valence-corrected chi connectivity index (χ1v) is 3.92. The van der Waals surface area contributed by atoms with E-state index in [2.05, 4.69) is 5.92 Å². The van der Waals surface area contributed by atoms with Crippen molar-refractivity contribution in [3.63, 3.8) is 0 Å². The molecule has 0 radical (unpaired) electrons. The zero-order chi connectivity index (χ0) is 9.84. The predicted molar refractivity (Wildman–Crippen MR) is 52.2 cm³/mol. The molecule has 0 saturated carbocycles. The molecule has 0 aliphatic heterocycles. The first kappa shape index (κ1) is 9.47. The average Bonchev–Trinajstić information content (AvgIpc) is 2.18. The van der Waals surface area contributed by atoms with Crippen LogP contribution in [-0.4, -0.2) is 14.2 Å². The van der Waals surface area contributed by atoms with Gasteiger partial charge in [-0.25, -0.2) is 0 Å². The Bertz CT molecular complexity index is 323. The standard InChI is InChI=1S/C11H12O2/c1-5-9-6-10(12-3)8(2)11(7-9)13-4/h1,6-7H,2-4H3. The van der Waals surface area contributed by atoms with Gasteiger partial charge < -0.3 is 9.47 Å². The van der Waals surface area contributed by atoms with Gasteiger partial charge in [0.25, 0.3) is 0 Å². The maximum Gasteiger partial charge on any atom is 0.126 e. The van der Waals surface area contributed by atoms with Gasteiger partial charge >= 0.3 is 0 Å². The Balaban J connectivity index is 3.30. The van der Waals surface area contributed by atoms with Gasteiger partial charge in [-0.05, 0) is 19.1 Å². The lowest BCUT2D eigenvalue weighted by Crippen LogP contribution is -1.93. The Morgan fingerprint density at radius 1 is 1.15 bits per heavy atom. The number of hydrogen-bond donors (Lipinski definition) is 0. The van der Waals surface area contributed by atoms with Crippen LogP contribution in [0.4, 0.5) is 0 Å². The number of terminal acetylenes is 1. The molecule has 13 heavy (non-hydrogen) atoms. The first-order chi connectivity index (χ1) is 6.22. The van der Waals surface area contributed by atoms with Crippen LogP contribution in [-0.2, 0) is 0 Å². The summed E-state index contributed by atoms with van der Waals surface area (Å²) < 4.78 is 10.3. The summed E-state index contributed by atoms with van der Waals surface area (Å²) in [6, 6.07) is 3.63. The van der Waals surface area contributed by atoms with E-state index in [1.165, 1.54) is 0 Å². The minimum atomic E-state index is 0.757. The summed E-state index contributed by atoms with van der Waals surface area (Å²) in [4.78, 5) is 0. The molecule has 1 rings (SSSR count). The van der Waals surface area contributed by atoms with Crippen molar-refractivity contribution >= 4 is 0 Å². The van der Waals surface area contributed by atoms with Crippen molar-refractivity contribution < 1.29 is 9.47 Å². The lowest BCUT2D eigenvalue weighted by Gasteiger charge is -2.09. The third kappa shape index (κ3) is 1.75. The first-order valence-electron chi connectivity index (χ1n) is 3.92. The molecule has 2 nitrogen and oxygen atoms in total. The van der Waals surface area contributed by atoms with Gasteiger partial charge in [0.15, 0.2) is 0 Å². The fourth-order valence-electron chi connectivity index (χ4n) is 1.17. The molecular weight excluding hydrogens is 164 g/mol. The topological polar surface area (TPSA) is 18.5 Å². The van der Waals surface area contributed by atoms with Crippen LogP contribution in [0.5, 0.6) is 11.5 Å². The number of rotatable bonds is 2. The second-order valence-corrected chi connectivity index (χ2v) is 2.65. The predicted octanol–water partition coefficient (Wildman–Crippen LogP) is 1.99. The van der Waals surface area contributed by atoms with E-state index in [0.717, 1.165) is 22.6 Å². The van der Waals surface area contributed by atoms with E-state index in [1.54, 1.807) is 14.2 Å². The average molecular weight is 176 g/mol. The van der Waals surface area contributed by atoms with Crippen molar-refractivity contribution in [3.8, 4) is 23.8 Å². The fraction of sp³-hybridized carbons (Fsp3) is 0.273. The van der Waals surface area contributed by atoms with Gasteiger partial charge in [0, 0.05) is 11.1 Å². The second kappa shape index (κ2) is 3.86. The molecule has 1 aromatic rings. The summed E-state index contributed by atoms with van der Waals surface area (Å²) in [5, 5.41) is 0. The molecule has 0 saturated heterocycles. The number of methoxy groups -OCH3 is 2. The van der Waals surface area contributed by atoms with Gasteiger partial charge in [-0.3, -0.25) is 0 Å². The van der Waals surface area contributed by atoms with Gasteiger partial charge in [0.2, 0.25) is 0 Å². The molecule has 0 aliphatic carbocycles. The van der Waals surface area contributed by atoms with E-state index in [-0.39, 0.29) is 0 Å². The van der Waals surface area contributed by atoms with Crippen LogP contribution in [0.1, 0.15) is 11.1 Å². The van der Waals surface area contributed by atoms with Gasteiger partial charge in [0.05, 0.1) is 14.2 Å². The van der Waals surface area contributed by atoms with Gasteiger partial charge in [-0.15, -0.1) is 6.42 Å². The molecule has 0 bridgehead atoms. The molecule has 0 fully saturated rings. The van der Waals surface area contributed by atoms with Crippen LogP contribution in [0.2, 0.25) is 0 Å². The molecule has 0 spiro atoms. The Kier molecular flexibility index (Phi) is 2.81. The molecule has 0 atom stereocenters. The van der Waals surface area contributed by atoms with Crippen LogP contribution >= 0.6 is 0 Å². The van der Waals surface area contributed by atoms with E-state index in [9.17, 15) is 0 Å². The Morgan fingerprint density at radius 3 is 1.92 bits per heavy atom. The molecular formula is C11H12O2. The number of ether oxygens (including phenoxy) is 2. The van der Waals surface area contributed by atoms with Crippen LogP contribution < -0.4 is 9.47 Å². The summed E-state index contributed by atoms with van der Waals surface area (Å²) in [7, 11) is 3.23. The molecule has 68 valence electrons. The summed E-state index contributed by atoms with van der Waals surface area (Å²) in [6.45, 7) is 1.93. The van der Waals surface area contributed by atoms with Gasteiger partial charge in [0.1, 0.15) is 11.5 Å².